The molecule has 0 bridgehead atoms. The van der Waals surface area contributed by atoms with Crippen molar-refractivity contribution in [3.8, 4) is 11.5 Å². The molecule has 24 heavy (non-hydrogen) atoms. The van der Waals surface area contributed by atoms with E-state index in [4.69, 9.17) is 9.47 Å². The minimum absolute atomic E-state index is 0.721. The molecule has 132 valence electrons. The third-order valence-corrected chi connectivity index (χ3v) is 4.64. The summed E-state index contributed by atoms with van der Waals surface area (Å²) in [7, 11) is 4.81. The Morgan fingerprint density at radius 1 is 1.12 bits per heavy atom. The van der Waals surface area contributed by atoms with Gasteiger partial charge in [0.15, 0.2) is 17.3 Å². The van der Waals surface area contributed by atoms with Crippen LogP contribution in [0, 0.1) is 5.92 Å². The van der Waals surface area contributed by atoms with Crippen LogP contribution in [0.3, 0.4) is 0 Å². The molecule has 0 radical (unpaired) electrons. The van der Waals surface area contributed by atoms with Crippen LogP contribution in [0.15, 0.2) is 18.3 Å². The summed E-state index contributed by atoms with van der Waals surface area (Å²) in [5.74, 6) is 3.24. The lowest BCUT2D eigenvalue weighted by Gasteiger charge is -2.32. The standard InChI is InChI=1S/C17H23N3O2.CH5N/c1-4-12-5-7-20(8-6-12)17-14-10-16(22-3)15(21-2)9-13(14)11-18-19-17;1-2/h9-12H,4-8H2,1-3H3;2H2,1H3. The van der Waals surface area contributed by atoms with Gasteiger partial charge in [0.2, 0.25) is 0 Å². The van der Waals surface area contributed by atoms with E-state index in [0.717, 1.165) is 47.1 Å². The lowest BCUT2D eigenvalue weighted by molar-refractivity contribution is 0.356. The Hall–Kier alpha value is -2.08. The highest BCUT2D eigenvalue weighted by molar-refractivity contribution is 5.94. The van der Waals surface area contributed by atoms with Gasteiger partial charge in [0, 0.05) is 23.9 Å². The first kappa shape index (κ1) is 18.3. The van der Waals surface area contributed by atoms with Crippen LogP contribution in [0.25, 0.3) is 10.8 Å². The zero-order chi connectivity index (χ0) is 17.5. The van der Waals surface area contributed by atoms with Crippen LogP contribution in [-0.2, 0) is 0 Å². The van der Waals surface area contributed by atoms with Crippen molar-refractivity contribution in [2.24, 2.45) is 11.7 Å². The second kappa shape index (κ2) is 8.68. The van der Waals surface area contributed by atoms with Crippen LogP contribution < -0.4 is 20.1 Å². The molecule has 6 heteroatoms. The van der Waals surface area contributed by atoms with Crippen molar-refractivity contribution < 1.29 is 9.47 Å². The molecule has 2 N–H and O–H groups in total. The predicted molar refractivity (Wildman–Crippen MR) is 98.0 cm³/mol. The molecule has 0 unspecified atom stereocenters. The van der Waals surface area contributed by atoms with Gasteiger partial charge in [-0.1, -0.05) is 13.3 Å². The molecule has 1 fully saturated rings. The lowest BCUT2D eigenvalue weighted by atomic mass is 9.94. The Morgan fingerprint density at radius 2 is 1.75 bits per heavy atom. The zero-order valence-corrected chi connectivity index (χ0v) is 15.1. The summed E-state index contributed by atoms with van der Waals surface area (Å²) in [6.45, 7) is 4.36. The minimum Gasteiger partial charge on any atom is -0.493 e. The normalized spacial score (nSPS) is 15.0. The first-order chi connectivity index (χ1) is 11.8. The van der Waals surface area contributed by atoms with Crippen LogP contribution in [0.1, 0.15) is 26.2 Å². The van der Waals surface area contributed by atoms with Gasteiger partial charge in [-0.25, -0.2) is 0 Å². The number of nitrogens with two attached hydrogens (primary N) is 1. The predicted octanol–water partition coefficient (Wildman–Crippen LogP) is 2.85. The summed E-state index contributed by atoms with van der Waals surface area (Å²) in [6.07, 6.45) is 5.49. The molecule has 1 saturated heterocycles. The third-order valence-electron chi connectivity index (χ3n) is 4.64. The molecule has 2 heterocycles. The highest BCUT2D eigenvalue weighted by Gasteiger charge is 2.21. The number of aromatic nitrogens is 2. The summed E-state index contributed by atoms with van der Waals surface area (Å²) >= 11 is 0. The largest absolute Gasteiger partial charge is 0.493 e. The number of hydrogen-bond donors (Lipinski definition) is 1. The number of fused-ring (bicyclic) bond motifs is 1. The molecule has 1 aliphatic heterocycles. The maximum absolute atomic E-state index is 5.43. The molecule has 3 rings (SSSR count). The van der Waals surface area contributed by atoms with E-state index >= 15 is 0 Å². The van der Waals surface area contributed by atoms with E-state index in [9.17, 15) is 0 Å². The number of ether oxygens (including phenoxy) is 2. The number of piperidine rings is 1. The fourth-order valence-electron chi connectivity index (χ4n) is 3.18. The Balaban J connectivity index is 0.00000100. The van der Waals surface area contributed by atoms with Gasteiger partial charge in [0.25, 0.3) is 0 Å². The van der Waals surface area contributed by atoms with Gasteiger partial charge in [-0.05, 0) is 37.9 Å². The van der Waals surface area contributed by atoms with Crippen molar-refractivity contribution in [2.45, 2.75) is 26.2 Å². The first-order valence-corrected chi connectivity index (χ1v) is 8.47. The van der Waals surface area contributed by atoms with Gasteiger partial charge in [-0.2, -0.15) is 5.10 Å². The summed E-state index contributed by atoms with van der Waals surface area (Å²) in [4.78, 5) is 2.34. The van der Waals surface area contributed by atoms with Crippen molar-refractivity contribution in [1.29, 1.82) is 0 Å². The van der Waals surface area contributed by atoms with Crippen molar-refractivity contribution in [3.05, 3.63) is 18.3 Å². The van der Waals surface area contributed by atoms with Crippen LogP contribution in [0.2, 0.25) is 0 Å². The topological polar surface area (TPSA) is 73.5 Å². The molecule has 1 aliphatic rings. The average molecular weight is 332 g/mol. The average Bonchev–Trinajstić information content (AvgIpc) is 2.68. The Kier molecular flexibility index (Phi) is 6.61. The smallest absolute Gasteiger partial charge is 0.161 e. The van der Waals surface area contributed by atoms with Gasteiger partial charge in [-0.15, -0.1) is 5.10 Å². The quantitative estimate of drug-likeness (QED) is 0.928. The summed E-state index contributed by atoms with van der Waals surface area (Å²) in [5.41, 5.74) is 4.50. The number of benzene rings is 1. The van der Waals surface area contributed by atoms with Crippen molar-refractivity contribution >= 4 is 16.6 Å². The Morgan fingerprint density at radius 3 is 2.33 bits per heavy atom. The fourth-order valence-corrected chi connectivity index (χ4v) is 3.18. The molecule has 6 nitrogen and oxygen atoms in total. The Labute approximate surface area is 143 Å². The highest BCUT2D eigenvalue weighted by Crippen LogP contribution is 2.36. The van der Waals surface area contributed by atoms with E-state index < -0.39 is 0 Å². The van der Waals surface area contributed by atoms with Gasteiger partial charge in [0.05, 0.1) is 20.4 Å². The molecular weight excluding hydrogens is 304 g/mol. The first-order valence-electron chi connectivity index (χ1n) is 8.47. The lowest BCUT2D eigenvalue weighted by Crippen LogP contribution is -2.34. The molecule has 0 amide bonds. The Bertz CT molecular complexity index is 655. The van der Waals surface area contributed by atoms with Gasteiger partial charge < -0.3 is 20.1 Å². The number of anilines is 1. The number of nitrogens with zero attached hydrogens (tertiary/aromatic N) is 3. The molecular formula is C18H28N4O2. The molecule has 1 aromatic carbocycles. The van der Waals surface area contributed by atoms with Gasteiger partial charge in [0.1, 0.15) is 0 Å². The van der Waals surface area contributed by atoms with E-state index in [1.807, 2.05) is 12.1 Å². The molecule has 0 saturated carbocycles. The van der Waals surface area contributed by atoms with Crippen molar-refractivity contribution in [1.82, 2.24) is 10.2 Å². The van der Waals surface area contributed by atoms with E-state index in [-0.39, 0.29) is 0 Å². The number of hydrogen-bond acceptors (Lipinski definition) is 6. The maximum Gasteiger partial charge on any atom is 0.161 e. The third kappa shape index (κ3) is 3.70. The second-order valence-corrected chi connectivity index (χ2v) is 5.80. The molecule has 0 spiro atoms. The van der Waals surface area contributed by atoms with E-state index in [1.165, 1.54) is 26.3 Å². The van der Waals surface area contributed by atoms with Gasteiger partial charge >= 0.3 is 0 Å². The van der Waals surface area contributed by atoms with E-state index in [2.05, 4.69) is 27.8 Å². The van der Waals surface area contributed by atoms with E-state index in [1.54, 1.807) is 20.4 Å². The number of rotatable bonds is 4. The summed E-state index contributed by atoms with van der Waals surface area (Å²) in [5, 5.41) is 10.7. The molecule has 2 aromatic rings. The summed E-state index contributed by atoms with van der Waals surface area (Å²) in [6, 6.07) is 3.97. The highest BCUT2D eigenvalue weighted by atomic mass is 16.5. The zero-order valence-electron chi connectivity index (χ0n) is 15.1. The van der Waals surface area contributed by atoms with Crippen molar-refractivity contribution in [3.63, 3.8) is 0 Å². The fraction of sp³-hybridized carbons (Fsp3) is 0.556. The molecule has 0 atom stereocenters. The molecule has 1 aromatic heterocycles. The SMILES string of the molecule is CCC1CCN(c2nncc3cc(OC)c(OC)cc23)CC1.CN. The van der Waals surface area contributed by atoms with Crippen LogP contribution in [0.5, 0.6) is 11.5 Å². The minimum atomic E-state index is 0.721. The van der Waals surface area contributed by atoms with E-state index in [0.29, 0.717) is 0 Å². The second-order valence-electron chi connectivity index (χ2n) is 5.80. The van der Waals surface area contributed by atoms with Crippen molar-refractivity contribution in [2.75, 3.05) is 39.3 Å². The van der Waals surface area contributed by atoms with Gasteiger partial charge in [-0.3, -0.25) is 0 Å². The number of methoxy groups -OCH3 is 2. The monoisotopic (exact) mass is 332 g/mol. The van der Waals surface area contributed by atoms with Crippen LogP contribution in [0.4, 0.5) is 5.82 Å². The van der Waals surface area contributed by atoms with Crippen LogP contribution >= 0.6 is 0 Å². The summed E-state index contributed by atoms with van der Waals surface area (Å²) < 4.78 is 10.8. The maximum atomic E-state index is 5.43. The molecule has 0 aliphatic carbocycles. The van der Waals surface area contributed by atoms with Crippen LogP contribution in [-0.4, -0.2) is 44.6 Å².